The Balaban J connectivity index is 2.04. The molecular weight excluding hydrogens is 290 g/mol. The molecule has 0 aromatic carbocycles. The zero-order valence-corrected chi connectivity index (χ0v) is 14.8. The highest BCUT2D eigenvalue weighted by molar-refractivity contribution is 5.88. The van der Waals surface area contributed by atoms with E-state index in [0.717, 1.165) is 12.8 Å². The molecule has 2 rings (SSSR count). The first-order chi connectivity index (χ1) is 10.7. The first-order valence-corrected chi connectivity index (χ1v) is 8.45. The van der Waals surface area contributed by atoms with E-state index in [0.29, 0.717) is 19.6 Å². The van der Waals surface area contributed by atoms with E-state index in [-0.39, 0.29) is 17.4 Å². The molecule has 0 spiro atoms. The molecule has 23 heavy (non-hydrogen) atoms. The third-order valence-electron chi connectivity index (χ3n) is 5.16. The van der Waals surface area contributed by atoms with E-state index < -0.39 is 6.03 Å². The second kappa shape index (κ2) is 6.77. The zero-order valence-electron chi connectivity index (χ0n) is 14.8. The minimum atomic E-state index is -0.412. The predicted octanol–water partition coefficient (Wildman–Crippen LogP) is 2.68. The highest BCUT2D eigenvalue weighted by Gasteiger charge is 2.29. The van der Waals surface area contributed by atoms with Gasteiger partial charge in [0.15, 0.2) is 0 Å². The second-order valence-electron chi connectivity index (χ2n) is 7.43. The Hall–Kier alpha value is -1.78. The van der Waals surface area contributed by atoms with E-state index >= 15 is 0 Å². The van der Waals surface area contributed by atoms with Crippen molar-refractivity contribution in [2.75, 3.05) is 19.6 Å². The largest absolute Gasteiger partial charge is 0.351 e. The van der Waals surface area contributed by atoms with Crippen LogP contribution in [0.4, 0.5) is 4.79 Å². The molecule has 1 atom stereocenters. The second-order valence-corrected chi connectivity index (χ2v) is 7.43. The lowest BCUT2D eigenvalue weighted by molar-refractivity contribution is -0.128. The van der Waals surface area contributed by atoms with Crippen molar-refractivity contribution in [2.24, 2.45) is 11.1 Å². The van der Waals surface area contributed by atoms with Gasteiger partial charge in [0.1, 0.15) is 0 Å². The van der Waals surface area contributed by atoms with E-state index in [1.807, 2.05) is 13.0 Å². The smallest absolute Gasteiger partial charge is 0.315 e. The Morgan fingerprint density at radius 1 is 1.30 bits per heavy atom. The van der Waals surface area contributed by atoms with E-state index in [4.69, 9.17) is 5.73 Å². The third kappa shape index (κ3) is 3.95. The summed E-state index contributed by atoms with van der Waals surface area (Å²) in [5, 5.41) is 0. The molecule has 0 radical (unpaired) electrons. The van der Waals surface area contributed by atoms with Gasteiger partial charge in [-0.25, -0.2) is 4.79 Å². The Bertz CT molecular complexity index is 548. The van der Waals surface area contributed by atoms with Gasteiger partial charge in [-0.2, -0.15) is 0 Å². The molecule has 3 amide bonds. The summed E-state index contributed by atoms with van der Waals surface area (Å²) in [7, 11) is 0. The van der Waals surface area contributed by atoms with Crippen LogP contribution in [0.3, 0.4) is 0 Å². The average Bonchev–Trinajstić information content (AvgIpc) is 2.45. The first-order valence-electron chi connectivity index (χ1n) is 8.45. The standard InChI is InChI=1S/C18H29N3O2/c1-13-6-5-9-18(3,4)15(13)7-8-16(22)20-10-11-21(17(19)23)14(2)12-20/h7-8,14H,5-6,9-12H2,1-4H3,(H2,19,23)/b8-7+/t14-/m1/s1. The third-order valence-corrected chi connectivity index (χ3v) is 5.16. The molecule has 2 aliphatic rings. The molecule has 128 valence electrons. The van der Waals surface area contributed by atoms with E-state index in [2.05, 4.69) is 20.8 Å². The summed E-state index contributed by atoms with van der Waals surface area (Å²) in [5.74, 6) is 0.0163. The highest BCUT2D eigenvalue weighted by atomic mass is 16.2. The molecule has 0 aromatic heterocycles. The number of allylic oxidation sites excluding steroid dienone is 3. The molecule has 2 N–H and O–H groups in total. The van der Waals surface area contributed by atoms with Crippen LogP contribution in [0.1, 0.15) is 47.0 Å². The topological polar surface area (TPSA) is 66.6 Å². The normalized spacial score (nSPS) is 25.1. The predicted molar refractivity (Wildman–Crippen MR) is 91.8 cm³/mol. The van der Waals surface area contributed by atoms with Crippen molar-refractivity contribution < 1.29 is 9.59 Å². The van der Waals surface area contributed by atoms with Gasteiger partial charge >= 0.3 is 6.03 Å². The summed E-state index contributed by atoms with van der Waals surface area (Å²) >= 11 is 0. The minimum Gasteiger partial charge on any atom is -0.351 e. The van der Waals surface area contributed by atoms with Crippen LogP contribution in [-0.4, -0.2) is 47.4 Å². The number of hydrogen-bond donors (Lipinski definition) is 1. The van der Waals surface area contributed by atoms with Crippen LogP contribution in [0.2, 0.25) is 0 Å². The van der Waals surface area contributed by atoms with Crippen molar-refractivity contribution >= 4 is 11.9 Å². The number of piperazine rings is 1. The van der Waals surface area contributed by atoms with Crippen molar-refractivity contribution in [3.05, 3.63) is 23.3 Å². The monoisotopic (exact) mass is 319 g/mol. The highest BCUT2D eigenvalue weighted by Crippen LogP contribution is 2.40. The molecule has 0 unspecified atom stereocenters. The molecule has 1 heterocycles. The molecule has 0 saturated carbocycles. The molecular formula is C18H29N3O2. The van der Waals surface area contributed by atoms with Crippen LogP contribution < -0.4 is 5.73 Å². The molecule has 1 saturated heterocycles. The Labute approximate surface area is 139 Å². The van der Waals surface area contributed by atoms with Gasteiger partial charge in [-0.15, -0.1) is 0 Å². The Kier molecular flexibility index (Phi) is 5.17. The zero-order chi connectivity index (χ0) is 17.2. The van der Waals surface area contributed by atoms with Gasteiger partial charge in [0.05, 0.1) is 0 Å². The van der Waals surface area contributed by atoms with Crippen LogP contribution in [0.25, 0.3) is 0 Å². The summed E-state index contributed by atoms with van der Waals surface area (Å²) in [6, 6.07) is -0.449. The average molecular weight is 319 g/mol. The van der Waals surface area contributed by atoms with Crippen LogP contribution in [0, 0.1) is 5.41 Å². The number of rotatable bonds is 2. The van der Waals surface area contributed by atoms with Gasteiger partial charge in [-0.05, 0) is 44.1 Å². The van der Waals surface area contributed by atoms with Crippen molar-refractivity contribution in [2.45, 2.75) is 53.0 Å². The molecule has 5 nitrogen and oxygen atoms in total. The van der Waals surface area contributed by atoms with Crippen LogP contribution in [-0.2, 0) is 4.79 Å². The maximum Gasteiger partial charge on any atom is 0.315 e. The Morgan fingerprint density at radius 3 is 2.57 bits per heavy atom. The summed E-state index contributed by atoms with van der Waals surface area (Å²) < 4.78 is 0. The lowest BCUT2D eigenvalue weighted by Crippen LogP contribution is -2.56. The van der Waals surface area contributed by atoms with Crippen LogP contribution in [0.5, 0.6) is 0 Å². The first kappa shape index (κ1) is 17.6. The number of hydrogen-bond acceptors (Lipinski definition) is 2. The number of nitrogens with zero attached hydrogens (tertiary/aromatic N) is 2. The summed E-state index contributed by atoms with van der Waals surface area (Å²) in [5.41, 5.74) is 8.16. The summed E-state index contributed by atoms with van der Waals surface area (Å²) in [6.45, 7) is 10.2. The van der Waals surface area contributed by atoms with Gasteiger partial charge in [-0.3, -0.25) is 4.79 Å². The van der Waals surface area contributed by atoms with E-state index in [9.17, 15) is 9.59 Å². The van der Waals surface area contributed by atoms with Gasteiger partial charge in [-0.1, -0.05) is 25.5 Å². The number of urea groups is 1. The minimum absolute atomic E-state index is 0.0163. The fraction of sp³-hybridized carbons (Fsp3) is 0.667. The van der Waals surface area contributed by atoms with Crippen molar-refractivity contribution in [3.8, 4) is 0 Å². The Morgan fingerprint density at radius 2 is 2.00 bits per heavy atom. The summed E-state index contributed by atoms with van der Waals surface area (Å²) in [6.07, 6.45) is 7.19. The SMILES string of the molecule is CC1=C(/C=C/C(=O)N2CCN(C(N)=O)[C@H](C)C2)C(C)(C)CCC1. The van der Waals surface area contributed by atoms with Gasteiger partial charge < -0.3 is 15.5 Å². The van der Waals surface area contributed by atoms with Crippen LogP contribution >= 0.6 is 0 Å². The van der Waals surface area contributed by atoms with Crippen molar-refractivity contribution in [1.82, 2.24) is 9.80 Å². The summed E-state index contributed by atoms with van der Waals surface area (Å²) in [4.78, 5) is 27.2. The number of carbonyl (C=O) groups is 2. The molecule has 1 aliphatic carbocycles. The van der Waals surface area contributed by atoms with E-state index in [1.54, 1.807) is 15.9 Å². The quantitative estimate of drug-likeness (QED) is 0.795. The lowest BCUT2D eigenvalue weighted by atomic mass is 9.72. The molecule has 1 aliphatic heterocycles. The molecule has 0 bridgehead atoms. The molecule has 5 heteroatoms. The van der Waals surface area contributed by atoms with E-state index in [1.165, 1.54) is 17.6 Å². The lowest BCUT2D eigenvalue weighted by Gasteiger charge is -2.38. The number of primary amides is 1. The van der Waals surface area contributed by atoms with Crippen LogP contribution in [0.15, 0.2) is 23.3 Å². The molecule has 1 fully saturated rings. The van der Waals surface area contributed by atoms with Gasteiger partial charge in [0, 0.05) is 31.8 Å². The van der Waals surface area contributed by atoms with Crippen molar-refractivity contribution in [3.63, 3.8) is 0 Å². The van der Waals surface area contributed by atoms with Crippen molar-refractivity contribution in [1.29, 1.82) is 0 Å². The fourth-order valence-corrected chi connectivity index (χ4v) is 3.76. The number of carbonyl (C=O) groups excluding carboxylic acids is 2. The van der Waals surface area contributed by atoms with Gasteiger partial charge in [0.25, 0.3) is 0 Å². The number of amides is 3. The number of nitrogens with two attached hydrogens (primary N) is 1. The van der Waals surface area contributed by atoms with Gasteiger partial charge in [0.2, 0.25) is 5.91 Å². The fourth-order valence-electron chi connectivity index (χ4n) is 3.76. The maximum atomic E-state index is 12.5. The molecule has 0 aromatic rings. The maximum absolute atomic E-state index is 12.5.